The molecule has 3 rings (SSSR count). The summed E-state index contributed by atoms with van der Waals surface area (Å²) in [5.41, 5.74) is 3.95. The molecule has 5 heteroatoms. The smallest absolute Gasteiger partial charge is 0.164 e. The normalized spacial score (nSPS) is 10.6. The number of hydrogen-bond acceptors (Lipinski definition) is 4. The molecule has 0 aliphatic heterocycles. The Kier molecular flexibility index (Phi) is 3.39. The molecule has 0 saturated heterocycles. The van der Waals surface area contributed by atoms with Gasteiger partial charge in [0.05, 0.1) is 17.4 Å². The number of nitrogens with zero attached hydrogens (tertiary/aromatic N) is 4. The molecule has 21 heavy (non-hydrogen) atoms. The van der Waals surface area contributed by atoms with Crippen molar-refractivity contribution in [1.82, 2.24) is 19.7 Å². The molecule has 0 atom stereocenters. The minimum Gasteiger partial charge on any atom is -0.373 e. The zero-order chi connectivity index (χ0) is 14.8. The monoisotopic (exact) mass is 279 g/mol. The molecular weight excluding hydrogens is 262 g/mol. The van der Waals surface area contributed by atoms with Crippen molar-refractivity contribution in [3.8, 4) is 17.1 Å². The number of rotatable bonds is 3. The van der Waals surface area contributed by atoms with E-state index in [9.17, 15) is 0 Å². The summed E-state index contributed by atoms with van der Waals surface area (Å²) in [5.74, 6) is 1.54. The number of anilines is 1. The van der Waals surface area contributed by atoms with Crippen molar-refractivity contribution in [2.45, 2.75) is 13.8 Å². The third-order valence-corrected chi connectivity index (χ3v) is 3.49. The van der Waals surface area contributed by atoms with Crippen molar-refractivity contribution >= 4 is 5.82 Å². The lowest BCUT2D eigenvalue weighted by Crippen LogP contribution is -2.02. The molecule has 2 heterocycles. The first kappa shape index (κ1) is 13.3. The summed E-state index contributed by atoms with van der Waals surface area (Å²) >= 11 is 0. The van der Waals surface area contributed by atoms with Gasteiger partial charge in [-0.2, -0.15) is 5.10 Å². The Morgan fingerprint density at radius 3 is 2.52 bits per heavy atom. The average Bonchev–Trinajstić information content (AvgIpc) is 3.00. The quantitative estimate of drug-likeness (QED) is 0.800. The van der Waals surface area contributed by atoms with Crippen LogP contribution in [0, 0.1) is 13.8 Å². The first-order valence-corrected chi connectivity index (χ1v) is 6.82. The SMILES string of the molecule is CNc1nc(-c2cnn(-c3ccccc3)c2)nc(C)c1C. The zero-order valence-electron chi connectivity index (χ0n) is 12.3. The van der Waals surface area contributed by atoms with Crippen molar-refractivity contribution in [3.05, 3.63) is 54.0 Å². The maximum absolute atomic E-state index is 4.55. The van der Waals surface area contributed by atoms with Crippen LogP contribution >= 0.6 is 0 Å². The Morgan fingerprint density at radius 2 is 1.81 bits per heavy atom. The highest BCUT2D eigenvalue weighted by molar-refractivity contribution is 5.58. The molecular formula is C16H17N5. The van der Waals surface area contributed by atoms with E-state index in [4.69, 9.17) is 0 Å². The van der Waals surface area contributed by atoms with Crippen LogP contribution in [0.4, 0.5) is 5.82 Å². The van der Waals surface area contributed by atoms with Crippen LogP contribution in [-0.4, -0.2) is 26.8 Å². The predicted molar refractivity (Wildman–Crippen MR) is 83.6 cm³/mol. The number of aryl methyl sites for hydroxylation is 1. The van der Waals surface area contributed by atoms with Crippen LogP contribution in [0.3, 0.4) is 0 Å². The van der Waals surface area contributed by atoms with Crippen LogP contribution in [0.2, 0.25) is 0 Å². The van der Waals surface area contributed by atoms with E-state index in [2.05, 4.69) is 20.4 Å². The van der Waals surface area contributed by atoms with Crippen LogP contribution in [0.5, 0.6) is 0 Å². The molecule has 0 spiro atoms. The van der Waals surface area contributed by atoms with Crippen LogP contribution in [0.15, 0.2) is 42.7 Å². The van der Waals surface area contributed by atoms with Gasteiger partial charge in [-0.05, 0) is 26.0 Å². The van der Waals surface area contributed by atoms with Gasteiger partial charge in [0.15, 0.2) is 5.82 Å². The molecule has 106 valence electrons. The van der Waals surface area contributed by atoms with Gasteiger partial charge in [-0.25, -0.2) is 14.6 Å². The molecule has 2 aromatic heterocycles. The van der Waals surface area contributed by atoms with Crippen molar-refractivity contribution < 1.29 is 0 Å². The maximum Gasteiger partial charge on any atom is 0.164 e. The highest BCUT2D eigenvalue weighted by Gasteiger charge is 2.10. The fourth-order valence-corrected chi connectivity index (χ4v) is 2.16. The van der Waals surface area contributed by atoms with Crippen LogP contribution < -0.4 is 5.32 Å². The second-order valence-corrected chi connectivity index (χ2v) is 4.87. The summed E-state index contributed by atoms with van der Waals surface area (Å²) in [6, 6.07) is 9.98. The van der Waals surface area contributed by atoms with E-state index >= 15 is 0 Å². The van der Waals surface area contributed by atoms with E-state index in [0.29, 0.717) is 5.82 Å². The highest BCUT2D eigenvalue weighted by Crippen LogP contribution is 2.21. The molecule has 1 aromatic carbocycles. The second-order valence-electron chi connectivity index (χ2n) is 4.87. The first-order valence-electron chi connectivity index (χ1n) is 6.82. The molecule has 0 saturated carbocycles. The van der Waals surface area contributed by atoms with E-state index in [-0.39, 0.29) is 0 Å². The lowest BCUT2D eigenvalue weighted by molar-refractivity contribution is 0.880. The number of nitrogens with one attached hydrogen (secondary N) is 1. The van der Waals surface area contributed by atoms with Crippen LogP contribution in [0.1, 0.15) is 11.3 Å². The zero-order valence-corrected chi connectivity index (χ0v) is 12.3. The molecule has 3 aromatic rings. The van der Waals surface area contributed by atoms with Gasteiger partial charge >= 0.3 is 0 Å². The summed E-state index contributed by atoms with van der Waals surface area (Å²) in [4.78, 5) is 9.11. The lowest BCUT2D eigenvalue weighted by Gasteiger charge is -2.08. The van der Waals surface area contributed by atoms with E-state index in [1.807, 2.05) is 62.1 Å². The summed E-state index contributed by atoms with van der Waals surface area (Å²) in [5, 5.41) is 7.49. The lowest BCUT2D eigenvalue weighted by atomic mass is 10.2. The van der Waals surface area contributed by atoms with Gasteiger partial charge in [-0.1, -0.05) is 18.2 Å². The summed E-state index contributed by atoms with van der Waals surface area (Å²) in [7, 11) is 1.87. The minimum atomic E-state index is 0.685. The molecule has 5 nitrogen and oxygen atoms in total. The number of aromatic nitrogens is 4. The van der Waals surface area contributed by atoms with Crippen molar-refractivity contribution in [2.24, 2.45) is 0 Å². The largest absolute Gasteiger partial charge is 0.373 e. The van der Waals surface area contributed by atoms with Crippen molar-refractivity contribution in [1.29, 1.82) is 0 Å². The van der Waals surface area contributed by atoms with Gasteiger partial charge in [-0.15, -0.1) is 0 Å². The fraction of sp³-hybridized carbons (Fsp3) is 0.188. The predicted octanol–water partition coefficient (Wildman–Crippen LogP) is 2.99. The number of para-hydroxylation sites is 1. The van der Waals surface area contributed by atoms with Crippen LogP contribution in [-0.2, 0) is 0 Å². The van der Waals surface area contributed by atoms with Crippen LogP contribution in [0.25, 0.3) is 17.1 Å². The van der Waals surface area contributed by atoms with E-state index in [1.54, 1.807) is 6.20 Å². The number of hydrogen-bond donors (Lipinski definition) is 1. The van der Waals surface area contributed by atoms with Crippen molar-refractivity contribution in [2.75, 3.05) is 12.4 Å². The van der Waals surface area contributed by atoms with Gasteiger partial charge in [0.25, 0.3) is 0 Å². The molecule has 0 amide bonds. The summed E-state index contributed by atoms with van der Waals surface area (Å²) in [6.07, 6.45) is 3.73. The van der Waals surface area contributed by atoms with Gasteiger partial charge in [0.2, 0.25) is 0 Å². The molecule has 0 unspecified atom stereocenters. The average molecular weight is 279 g/mol. The molecule has 1 N–H and O–H groups in total. The highest BCUT2D eigenvalue weighted by atomic mass is 15.3. The maximum atomic E-state index is 4.55. The van der Waals surface area contributed by atoms with Gasteiger partial charge < -0.3 is 5.32 Å². The summed E-state index contributed by atoms with van der Waals surface area (Å²) in [6.45, 7) is 4.00. The Hall–Kier alpha value is -2.69. The third-order valence-electron chi connectivity index (χ3n) is 3.49. The fourth-order valence-electron chi connectivity index (χ4n) is 2.16. The Morgan fingerprint density at radius 1 is 1.05 bits per heavy atom. The molecule has 0 radical (unpaired) electrons. The molecule has 0 aliphatic rings. The Bertz CT molecular complexity index is 762. The van der Waals surface area contributed by atoms with E-state index in [0.717, 1.165) is 28.3 Å². The van der Waals surface area contributed by atoms with Gasteiger partial charge in [0.1, 0.15) is 5.82 Å². The first-order chi connectivity index (χ1) is 10.2. The molecule has 0 aliphatic carbocycles. The topological polar surface area (TPSA) is 55.6 Å². The van der Waals surface area contributed by atoms with E-state index < -0.39 is 0 Å². The Balaban J connectivity index is 2.03. The van der Waals surface area contributed by atoms with Crippen molar-refractivity contribution in [3.63, 3.8) is 0 Å². The standard InChI is InChI=1S/C16H17N5/c1-11-12(2)19-16(20-15(11)17-3)13-9-18-21(10-13)14-7-5-4-6-8-14/h4-10H,1-3H3,(H,17,19,20). The minimum absolute atomic E-state index is 0.685. The summed E-state index contributed by atoms with van der Waals surface area (Å²) < 4.78 is 1.83. The van der Waals surface area contributed by atoms with Gasteiger partial charge in [0, 0.05) is 24.5 Å². The second kappa shape index (κ2) is 5.36. The third kappa shape index (κ3) is 2.50. The van der Waals surface area contributed by atoms with E-state index in [1.165, 1.54) is 0 Å². The molecule has 0 fully saturated rings. The van der Waals surface area contributed by atoms with Gasteiger partial charge in [-0.3, -0.25) is 0 Å². The molecule has 0 bridgehead atoms. The number of benzene rings is 1. The Labute approximate surface area is 123 Å².